The van der Waals surface area contributed by atoms with E-state index in [0.717, 1.165) is 28.7 Å². The molecule has 25 heavy (non-hydrogen) atoms. The molecule has 0 saturated carbocycles. The number of rotatable bonds is 5. The molecule has 0 aliphatic carbocycles. The zero-order valence-corrected chi connectivity index (χ0v) is 15.5. The fourth-order valence-corrected chi connectivity index (χ4v) is 5.28. The van der Waals surface area contributed by atoms with Crippen LogP contribution in [0, 0.1) is 0 Å². The fraction of sp³-hybridized carbons (Fsp3) is 0.0588. The highest BCUT2D eigenvalue weighted by molar-refractivity contribution is 8.19. The molecule has 1 fully saturated rings. The molecule has 8 heteroatoms. The zero-order chi connectivity index (χ0) is 17.9. The van der Waals surface area contributed by atoms with E-state index >= 15 is 0 Å². The van der Waals surface area contributed by atoms with Gasteiger partial charge in [-0.05, 0) is 34.8 Å². The van der Waals surface area contributed by atoms with Gasteiger partial charge in [0.15, 0.2) is 5.17 Å². The predicted octanol–water partition coefficient (Wildman–Crippen LogP) is 3.60. The summed E-state index contributed by atoms with van der Waals surface area (Å²) in [6.07, 6.45) is 3.26. The smallest absolute Gasteiger partial charge is 0.282 e. The van der Waals surface area contributed by atoms with Crippen molar-refractivity contribution < 1.29 is 13.2 Å². The molecular weight excluding hydrogens is 376 g/mol. The van der Waals surface area contributed by atoms with Crippen LogP contribution in [0.25, 0.3) is 6.08 Å². The maximum atomic E-state index is 12.6. The van der Waals surface area contributed by atoms with Crippen LogP contribution in [0.5, 0.6) is 0 Å². The summed E-state index contributed by atoms with van der Waals surface area (Å²) in [7, 11) is -3.84. The summed E-state index contributed by atoms with van der Waals surface area (Å²) in [5.74, 6) is -0.283. The molecule has 0 spiro atoms. The Morgan fingerprint density at radius 3 is 2.56 bits per heavy atom. The van der Waals surface area contributed by atoms with Crippen molar-refractivity contribution in [3.8, 4) is 0 Å². The average molecular weight is 391 g/mol. The molecule has 1 aliphatic rings. The van der Waals surface area contributed by atoms with Crippen LogP contribution in [0.3, 0.4) is 0 Å². The summed E-state index contributed by atoms with van der Waals surface area (Å²) in [6.45, 7) is 3.81. The number of nitrogens with zero attached hydrogens (tertiary/aromatic N) is 2. The summed E-state index contributed by atoms with van der Waals surface area (Å²) in [5.41, 5.74) is 0.860. The Morgan fingerprint density at radius 2 is 1.92 bits per heavy atom. The molecule has 1 amide bonds. The summed E-state index contributed by atoms with van der Waals surface area (Å²) < 4.78 is 28.8. The lowest BCUT2D eigenvalue weighted by Crippen LogP contribution is -2.29. The van der Waals surface area contributed by atoms with Gasteiger partial charge in [0, 0.05) is 6.54 Å². The molecule has 3 rings (SSSR count). The van der Waals surface area contributed by atoms with Crippen molar-refractivity contribution in [1.29, 1.82) is 0 Å². The van der Waals surface area contributed by atoms with Crippen LogP contribution in [0.4, 0.5) is 0 Å². The van der Waals surface area contributed by atoms with Gasteiger partial charge in [0.2, 0.25) is 0 Å². The summed E-state index contributed by atoms with van der Waals surface area (Å²) in [6, 6.07) is 12.5. The number of hydrogen-bond acceptors (Lipinski definition) is 5. The van der Waals surface area contributed by atoms with E-state index in [1.807, 2.05) is 30.3 Å². The number of amidine groups is 1. The maximum Gasteiger partial charge on any atom is 0.294 e. The maximum absolute atomic E-state index is 12.6. The molecule has 1 aromatic heterocycles. The minimum Gasteiger partial charge on any atom is -0.282 e. The molecule has 1 saturated heterocycles. The number of sulfonamides is 1. The Morgan fingerprint density at radius 1 is 1.16 bits per heavy atom. The lowest BCUT2D eigenvalue weighted by atomic mass is 10.2. The topological polar surface area (TPSA) is 66.8 Å². The normalized spacial score (nSPS) is 18.2. The number of thioether (sulfide) groups is 1. The molecule has 0 atom stereocenters. The van der Waals surface area contributed by atoms with Crippen LogP contribution < -0.4 is 0 Å². The second-order valence-electron chi connectivity index (χ2n) is 5.01. The molecule has 2 aromatic rings. The van der Waals surface area contributed by atoms with Gasteiger partial charge >= 0.3 is 0 Å². The highest BCUT2D eigenvalue weighted by Gasteiger charge is 2.34. The van der Waals surface area contributed by atoms with Crippen molar-refractivity contribution in [2.45, 2.75) is 4.21 Å². The number of carbonyl (C=O) groups is 1. The van der Waals surface area contributed by atoms with E-state index < -0.39 is 10.0 Å². The van der Waals surface area contributed by atoms with Gasteiger partial charge in [-0.3, -0.25) is 9.69 Å². The fourth-order valence-electron chi connectivity index (χ4n) is 2.12. The Hall–Kier alpha value is -2.16. The number of hydrogen-bond donors (Lipinski definition) is 0. The molecular formula is C17H14N2O3S3. The molecule has 1 aliphatic heterocycles. The minimum absolute atomic E-state index is 0.139. The quantitative estimate of drug-likeness (QED) is 0.578. The second-order valence-corrected chi connectivity index (χ2v) is 8.79. The van der Waals surface area contributed by atoms with Crippen molar-refractivity contribution in [3.63, 3.8) is 0 Å². The average Bonchev–Trinajstić information content (AvgIpc) is 3.22. The van der Waals surface area contributed by atoms with E-state index in [9.17, 15) is 13.2 Å². The molecule has 0 N–H and O–H groups in total. The third kappa shape index (κ3) is 3.92. The van der Waals surface area contributed by atoms with Crippen molar-refractivity contribution in [3.05, 3.63) is 71.0 Å². The van der Waals surface area contributed by atoms with Gasteiger partial charge in [0.05, 0.1) is 4.91 Å². The first-order chi connectivity index (χ1) is 12.0. The van der Waals surface area contributed by atoms with Crippen LogP contribution >= 0.6 is 23.1 Å². The lowest BCUT2D eigenvalue weighted by Gasteiger charge is -2.12. The largest absolute Gasteiger partial charge is 0.294 e. The van der Waals surface area contributed by atoms with E-state index in [1.54, 1.807) is 17.5 Å². The van der Waals surface area contributed by atoms with E-state index in [2.05, 4.69) is 11.0 Å². The van der Waals surface area contributed by atoms with Gasteiger partial charge in [-0.1, -0.05) is 42.5 Å². The van der Waals surface area contributed by atoms with Crippen LogP contribution in [0.2, 0.25) is 0 Å². The van der Waals surface area contributed by atoms with E-state index in [1.165, 1.54) is 17.0 Å². The Bertz CT molecular complexity index is 946. The zero-order valence-electron chi connectivity index (χ0n) is 13.0. The molecule has 0 bridgehead atoms. The van der Waals surface area contributed by atoms with Crippen molar-refractivity contribution in [2.24, 2.45) is 4.40 Å². The number of carbonyl (C=O) groups excluding carboxylic acids is 1. The standard InChI is InChI=1S/C17H14N2O3S3/c1-2-10-19-16(20)14(12-13-7-4-3-5-8-13)24-17(19)18-25(21,22)15-9-6-11-23-15/h2-9,11-12H,1,10H2/b14-12-,18-17?. The first kappa shape index (κ1) is 17.7. The third-order valence-corrected chi connectivity index (χ3v) is 7.01. The van der Waals surface area contributed by atoms with Gasteiger partial charge in [-0.25, -0.2) is 0 Å². The summed E-state index contributed by atoms with van der Waals surface area (Å²) in [4.78, 5) is 14.3. The van der Waals surface area contributed by atoms with E-state index in [4.69, 9.17) is 0 Å². The highest BCUT2D eigenvalue weighted by atomic mass is 32.2. The van der Waals surface area contributed by atoms with Gasteiger partial charge in [-0.2, -0.15) is 8.42 Å². The molecule has 0 unspecified atom stereocenters. The number of benzene rings is 1. The monoisotopic (exact) mass is 390 g/mol. The van der Waals surface area contributed by atoms with Crippen LogP contribution in [-0.2, 0) is 14.8 Å². The van der Waals surface area contributed by atoms with Crippen LogP contribution in [0.15, 0.2) is 74.0 Å². The predicted molar refractivity (Wildman–Crippen MR) is 103 cm³/mol. The summed E-state index contributed by atoms with van der Waals surface area (Å²) >= 11 is 2.14. The number of amides is 1. The Kier molecular flexibility index (Phi) is 5.22. The van der Waals surface area contributed by atoms with Crippen molar-refractivity contribution in [2.75, 3.05) is 6.54 Å². The summed E-state index contributed by atoms with van der Waals surface area (Å²) in [5, 5.41) is 1.81. The van der Waals surface area contributed by atoms with Gasteiger partial charge in [0.25, 0.3) is 15.9 Å². The Labute approximate surface area is 154 Å². The lowest BCUT2D eigenvalue weighted by molar-refractivity contribution is -0.121. The first-order valence-electron chi connectivity index (χ1n) is 7.27. The molecule has 128 valence electrons. The molecule has 5 nitrogen and oxygen atoms in total. The number of thiophene rings is 1. The van der Waals surface area contributed by atoms with E-state index in [0.29, 0.717) is 4.91 Å². The molecule has 1 aromatic carbocycles. The minimum atomic E-state index is -3.84. The van der Waals surface area contributed by atoms with Crippen LogP contribution in [0.1, 0.15) is 5.56 Å². The van der Waals surface area contributed by atoms with Crippen molar-refractivity contribution in [1.82, 2.24) is 4.90 Å². The molecule has 2 heterocycles. The van der Waals surface area contributed by atoms with Crippen molar-refractivity contribution >= 4 is 50.3 Å². The van der Waals surface area contributed by atoms with E-state index in [-0.39, 0.29) is 21.8 Å². The third-order valence-electron chi connectivity index (χ3n) is 3.24. The SMILES string of the molecule is C=CCN1C(=O)/C(=C/c2ccccc2)SC1=NS(=O)(=O)c1cccs1. The first-order valence-corrected chi connectivity index (χ1v) is 10.4. The van der Waals surface area contributed by atoms with Gasteiger partial charge in [0.1, 0.15) is 4.21 Å². The van der Waals surface area contributed by atoms with Crippen LogP contribution in [-0.4, -0.2) is 30.9 Å². The highest BCUT2D eigenvalue weighted by Crippen LogP contribution is 2.34. The molecule has 0 radical (unpaired) electrons. The Balaban J connectivity index is 1.99. The van der Waals surface area contributed by atoms with Gasteiger partial charge in [-0.15, -0.1) is 22.3 Å². The second kappa shape index (κ2) is 7.38. The van der Waals surface area contributed by atoms with Gasteiger partial charge < -0.3 is 0 Å².